The summed E-state index contributed by atoms with van der Waals surface area (Å²) < 4.78 is 0. The summed E-state index contributed by atoms with van der Waals surface area (Å²) in [5.41, 5.74) is 6.48. The minimum Gasteiger partial charge on any atom is -0.294 e. The van der Waals surface area contributed by atoms with Crippen LogP contribution < -0.4 is 0 Å². The number of hydrogen-bond donors (Lipinski definition) is 0. The van der Waals surface area contributed by atoms with Crippen molar-refractivity contribution in [1.29, 1.82) is 0 Å². The standard InChI is InChI=1S/C23H22N6O/c1-4-16-5-6-17(23-26-28-29(3)27-23)11-20(16)18-7-8-19(25-13-18)12-22(30)21-14-24-10-9-15(21)2/h5-11,13-14H,4,12H2,1-3H3. The number of nitrogens with zero attached hydrogens (tertiary/aromatic N) is 6. The summed E-state index contributed by atoms with van der Waals surface area (Å²) in [4.78, 5) is 22.6. The lowest BCUT2D eigenvalue weighted by atomic mass is 9.96. The number of carbonyl (C=O) groups excluding carboxylic acids is 1. The van der Waals surface area contributed by atoms with Crippen molar-refractivity contribution in [3.05, 3.63) is 77.4 Å². The normalized spacial score (nSPS) is 10.9. The molecule has 0 N–H and O–H groups in total. The van der Waals surface area contributed by atoms with Crippen molar-refractivity contribution >= 4 is 5.78 Å². The maximum absolute atomic E-state index is 12.6. The van der Waals surface area contributed by atoms with Crippen molar-refractivity contribution in [2.45, 2.75) is 26.7 Å². The first-order chi connectivity index (χ1) is 14.5. The fraction of sp³-hybridized carbons (Fsp3) is 0.217. The highest BCUT2D eigenvalue weighted by Gasteiger charge is 2.13. The SMILES string of the molecule is CCc1ccc(-c2nnn(C)n2)cc1-c1ccc(CC(=O)c2cnccc2C)nc1. The molecule has 0 atom stereocenters. The van der Waals surface area contributed by atoms with Crippen LogP contribution >= 0.6 is 0 Å². The molecule has 7 heteroatoms. The first kappa shape index (κ1) is 19.6. The van der Waals surface area contributed by atoms with Crippen molar-refractivity contribution in [2.24, 2.45) is 7.05 Å². The van der Waals surface area contributed by atoms with Crippen LogP contribution in [0.25, 0.3) is 22.5 Å². The number of aromatic nitrogens is 6. The Morgan fingerprint density at radius 2 is 1.90 bits per heavy atom. The van der Waals surface area contributed by atoms with Gasteiger partial charge in [-0.05, 0) is 53.4 Å². The van der Waals surface area contributed by atoms with Gasteiger partial charge in [-0.3, -0.25) is 14.8 Å². The Bertz CT molecular complexity index is 1200. The number of tetrazole rings is 1. The Balaban J connectivity index is 1.60. The molecular weight excluding hydrogens is 376 g/mol. The van der Waals surface area contributed by atoms with Gasteiger partial charge in [0.1, 0.15) is 0 Å². The first-order valence-electron chi connectivity index (χ1n) is 9.81. The average Bonchev–Trinajstić information content (AvgIpc) is 3.20. The zero-order valence-corrected chi connectivity index (χ0v) is 17.2. The molecule has 150 valence electrons. The van der Waals surface area contributed by atoms with Crippen LogP contribution in [0.3, 0.4) is 0 Å². The molecule has 0 bridgehead atoms. The molecular formula is C23H22N6O. The second-order valence-electron chi connectivity index (χ2n) is 7.16. The Morgan fingerprint density at radius 3 is 2.57 bits per heavy atom. The maximum Gasteiger partial charge on any atom is 0.204 e. The highest BCUT2D eigenvalue weighted by Crippen LogP contribution is 2.28. The molecule has 30 heavy (non-hydrogen) atoms. The van der Waals surface area contributed by atoms with Gasteiger partial charge in [-0.1, -0.05) is 25.1 Å². The summed E-state index contributed by atoms with van der Waals surface area (Å²) >= 11 is 0. The molecule has 0 fully saturated rings. The van der Waals surface area contributed by atoms with Crippen molar-refractivity contribution < 1.29 is 4.79 Å². The van der Waals surface area contributed by atoms with Gasteiger partial charge in [0.05, 0.1) is 13.5 Å². The lowest BCUT2D eigenvalue weighted by Crippen LogP contribution is -2.07. The lowest BCUT2D eigenvalue weighted by Gasteiger charge is -2.10. The van der Waals surface area contributed by atoms with Gasteiger partial charge in [-0.25, -0.2) is 0 Å². The van der Waals surface area contributed by atoms with Crippen molar-refractivity contribution in [3.63, 3.8) is 0 Å². The van der Waals surface area contributed by atoms with Crippen LogP contribution in [0.4, 0.5) is 0 Å². The van der Waals surface area contributed by atoms with E-state index in [1.165, 1.54) is 10.4 Å². The summed E-state index contributed by atoms with van der Waals surface area (Å²) in [6.45, 7) is 4.03. The largest absolute Gasteiger partial charge is 0.294 e. The quantitative estimate of drug-likeness (QED) is 0.461. The van der Waals surface area contributed by atoms with Crippen molar-refractivity contribution in [3.8, 4) is 22.5 Å². The number of carbonyl (C=O) groups is 1. The molecule has 0 aliphatic rings. The molecule has 0 aliphatic heterocycles. The molecule has 3 aromatic heterocycles. The maximum atomic E-state index is 12.6. The predicted molar refractivity (Wildman–Crippen MR) is 114 cm³/mol. The molecule has 4 aromatic rings. The Morgan fingerprint density at radius 1 is 1.07 bits per heavy atom. The van der Waals surface area contributed by atoms with Gasteiger partial charge in [0.25, 0.3) is 0 Å². The van der Waals surface area contributed by atoms with Gasteiger partial charge in [-0.15, -0.1) is 10.2 Å². The average molecular weight is 398 g/mol. The van der Waals surface area contributed by atoms with Crippen LogP contribution in [-0.4, -0.2) is 36.0 Å². The van der Waals surface area contributed by atoms with E-state index in [0.29, 0.717) is 11.4 Å². The molecule has 0 saturated heterocycles. The third kappa shape index (κ3) is 4.00. The van der Waals surface area contributed by atoms with Gasteiger partial charge < -0.3 is 0 Å². The molecule has 0 aliphatic carbocycles. The van der Waals surface area contributed by atoms with Crippen LogP contribution in [0.5, 0.6) is 0 Å². The van der Waals surface area contributed by atoms with Gasteiger partial charge in [0.15, 0.2) is 5.78 Å². The molecule has 3 heterocycles. The predicted octanol–water partition coefficient (Wildman–Crippen LogP) is 3.63. The number of benzene rings is 1. The van der Waals surface area contributed by atoms with Crippen LogP contribution in [-0.2, 0) is 19.9 Å². The zero-order chi connectivity index (χ0) is 21.1. The van der Waals surface area contributed by atoms with E-state index in [1.54, 1.807) is 19.4 Å². The Hall–Kier alpha value is -3.74. The second kappa shape index (κ2) is 8.32. The van der Waals surface area contributed by atoms with E-state index in [4.69, 9.17) is 0 Å². The lowest BCUT2D eigenvalue weighted by molar-refractivity contribution is 0.0991. The number of aryl methyl sites for hydroxylation is 3. The monoisotopic (exact) mass is 398 g/mol. The van der Waals surface area contributed by atoms with E-state index < -0.39 is 0 Å². The van der Waals surface area contributed by atoms with E-state index in [1.807, 2.05) is 37.4 Å². The summed E-state index contributed by atoms with van der Waals surface area (Å²) in [6, 6.07) is 11.9. The molecule has 0 spiro atoms. The van der Waals surface area contributed by atoms with Gasteiger partial charge in [0.2, 0.25) is 5.82 Å². The minimum atomic E-state index is 0.0193. The fourth-order valence-electron chi connectivity index (χ4n) is 3.40. The summed E-state index contributed by atoms with van der Waals surface area (Å²) in [5.74, 6) is 0.606. The highest BCUT2D eigenvalue weighted by atomic mass is 16.1. The van der Waals surface area contributed by atoms with Crippen LogP contribution in [0.1, 0.15) is 34.1 Å². The van der Waals surface area contributed by atoms with Crippen molar-refractivity contribution in [2.75, 3.05) is 0 Å². The third-order valence-electron chi connectivity index (χ3n) is 5.07. The summed E-state index contributed by atoms with van der Waals surface area (Å²) in [5, 5.41) is 12.3. The van der Waals surface area contributed by atoms with E-state index in [-0.39, 0.29) is 12.2 Å². The molecule has 0 amide bonds. The number of hydrogen-bond acceptors (Lipinski definition) is 6. The molecule has 0 unspecified atom stereocenters. The number of rotatable bonds is 6. The topological polar surface area (TPSA) is 86.5 Å². The van der Waals surface area contributed by atoms with Crippen molar-refractivity contribution in [1.82, 2.24) is 30.2 Å². The molecule has 4 rings (SSSR count). The summed E-state index contributed by atoms with van der Waals surface area (Å²) in [6.07, 6.45) is 6.27. The van der Waals surface area contributed by atoms with E-state index >= 15 is 0 Å². The fourth-order valence-corrected chi connectivity index (χ4v) is 3.40. The molecule has 0 saturated carbocycles. The van der Waals surface area contributed by atoms with Crippen LogP contribution in [0.2, 0.25) is 0 Å². The second-order valence-corrected chi connectivity index (χ2v) is 7.16. The van der Waals surface area contributed by atoms with Gasteiger partial charge >= 0.3 is 0 Å². The first-order valence-corrected chi connectivity index (χ1v) is 9.81. The Kier molecular flexibility index (Phi) is 5.43. The molecule has 7 nitrogen and oxygen atoms in total. The third-order valence-corrected chi connectivity index (χ3v) is 5.07. The number of ketones is 1. The van der Waals surface area contributed by atoms with E-state index in [2.05, 4.69) is 44.4 Å². The van der Waals surface area contributed by atoms with E-state index in [0.717, 1.165) is 34.4 Å². The number of pyridine rings is 2. The van der Waals surface area contributed by atoms with E-state index in [9.17, 15) is 4.79 Å². The summed E-state index contributed by atoms with van der Waals surface area (Å²) in [7, 11) is 1.74. The smallest absolute Gasteiger partial charge is 0.204 e. The Labute approximate surface area is 174 Å². The zero-order valence-electron chi connectivity index (χ0n) is 17.2. The highest BCUT2D eigenvalue weighted by molar-refractivity contribution is 5.98. The number of Topliss-reactive ketones (excluding diaryl/α,β-unsaturated/α-hetero) is 1. The van der Waals surface area contributed by atoms with Crippen LogP contribution in [0.15, 0.2) is 55.0 Å². The molecule has 1 aromatic carbocycles. The van der Waals surface area contributed by atoms with Crippen LogP contribution in [0, 0.1) is 6.92 Å². The van der Waals surface area contributed by atoms with Gasteiger partial charge in [-0.2, -0.15) is 4.80 Å². The minimum absolute atomic E-state index is 0.0193. The van der Waals surface area contributed by atoms with Gasteiger partial charge in [0, 0.05) is 41.0 Å². The molecule has 0 radical (unpaired) electrons.